The lowest BCUT2D eigenvalue weighted by atomic mass is 9.95. The molecule has 0 radical (unpaired) electrons. The molecule has 1 heterocycles. The second kappa shape index (κ2) is 3.58. The first-order valence-electron chi connectivity index (χ1n) is 5.31. The maximum absolute atomic E-state index is 2.57. The van der Waals surface area contributed by atoms with Crippen LogP contribution in [-0.2, 0) is 0 Å². The highest BCUT2D eigenvalue weighted by molar-refractivity contribution is 4.93. The monoisotopic (exact) mass is 184 g/mol. The molecular formula is C11H24N2. The normalized spacial score (nSPS) is 31.2. The maximum atomic E-state index is 2.57. The van der Waals surface area contributed by atoms with E-state index in [1.54, 1.807) is 0 Å². The summed E-state index contributed by atoms with van der Waals surface area (Å²) >= 11 is 0. The Hall–Kier alpha value is -0.0800. The Labute approximate surface area is 82.9 Å². The minimum Gasteiger partial charge on any atom is -0.298 e. The Bertz CT molecular complexity index is 175. The van der Waals surface area contributed by atoms with Gasteiger partial charge in [-0.2, -0.15) is 0 Å². The fourth-order valence-corrected chi connectivity index (χ4v) is 2.12. The van der Waals surface area contributed by atoms with Crippen molar-refractivity contribution in [2.75, 3.05) is 20.1 Å². The highest BCUT2D eigenvalue weighted by Crippen LogP contribution is 2.24. The molecule has 13 heavy (non-hydrogen) atoms. The van der Waals surface area contributed by atoms with E-state index in [1.807, 2.05) is 0 Å². The summed E-state index contributed by atoms with van der Waals surface area (Å²) in [5.41, 5.74) is 0.321. The molecule has 1 saturated heterocycles. The Kier molecular flexibility index (Phi) is 3.03. The molecule has 1 aliphatic rings. The van der Waals surface area contributed by atoms with Crippen LogP contribution in [0.2, 0.25) is 0 Å². The Morgan fingerprint density at radius 2 is 1.85 bits per heavy atom. The van der Waals surface area contributed by atoms with Crippen molar-refractivity contribution in [2.45, 2.75) is 52.2 Å². The van der Waals surface area contributed by atoms with Gasteiger partial charge in [0.25, 0.3) is 0 Å². The molecule has 0 aromatic heterocycles. The van der Waals surface area contributed by atoms with Crippen LogP contribution in [-0.4, -0.2) is 47.6 Å². The van der Waals surface area contributed by atoms with Gasteiger partial charge in [-0.15, -0.1) is 0 Å². The lowest BCUT2D eigenvalue weighted by Gasteiger charge is -2.50. The number of piperazine rings is 1. The molecule has 78 valence electrons. The molecule has 0 amide bonds. The zero-order chi connectivity index (χ0) is 10.2. The number of hydrogen-bond donors (Lipinski definition) is 0. The van der Waals surface area contributed by atoms with Crippen LogP contribution in [0.3, 0.4) is 0 Å². The van der Waals surface area contributed by atoms with E-state index in [9.17, 15) is 0 Å². The molecule has 0 saturated carbocycles. The third-order valence-electron chi connectivity index (χ3n) is 3.44. The minimum atomic E-state index is 0.321. The van der Waals surface area contributed by atoms with Gasteiger partial charge in [-0.3, -0.25) is 9.80 Å². The first-order chi connectivity index (χ1) is 5.84. The second-order valence-electron chi connectivity index (χ2n) is 5.30. The van der Waals surface area contributed by atoms with Gasteiger partial charge in [0.2, 0.25) is 0 Å². The Morgan fingerprint density at radius 3 is 2.23 bits per heavy atom. The van der Waals surface area contributed by atoms with Crippen LogP contribution in [0.25, 0.3) is 0 Å². The summed E-state index contributed by atoms with van der Waals surface area (Å²) in [4.78, 5) is 5.07. The number of rotatable bonds is 1. The molecule has 0 aromatic carbocycles. The molecule has 0 aromatic rings. The highest BCUT2D eigenvalue weighted by Gasteiger charge is 2.35. The van der Waals surface area contributed by atoms with E-state index >= 15 is 0 Å². The third-order valence-corrected chi connectivity index (χ3v) is 3.44. The smallest absolute Gasteiger partial charge is 0.0280 e. The lowest BCUT2D eigenvalue weighted by molar-refractivity contribution is -0.0122. The molecule has 2 heteroatoms. The Morgan fingerprint density at radius 1 is 1.31 bits per heavy atom. The van der Waals surface area contributed by atoms with E-state index in [2.05, 4.69) is 51.5 Å². The van der Waals surface area contributed by atoms with E-state index in [1.165, 1.54) is 13.1 Å². The molecule has 1 unspecified atom stereocenters. The van der Waals surface area contributed by atoms with E-state index in [0.717, 1.165) is 0 Å². The molecule has 1 fully saturated rings. The first kappa shape index (κ1) is 11.0. The zero-order valence-corrected chi connectivity index (χ0v) is 9.96. The number of likely N-dealkylation sites (N-methyl/N-ethyl adjacent to an activating group) is 1. The van der Waals surface area contributed by atoms with Crippen LogP contribution in [0.4, 0.5) is 0 Å². The molecule has 0 spiro atoms. The number of nitrogens with zero attached hydrogens (tertiary/aromatic N) is 2. The summed E-state index contributed by atoms with van der Waals surface area (Å²) in [5, 5.41) is 0. The maximum Gasteiger partial charge on any atom is 0.0280 e. The van der Waals surface area contributed by atoms with Crippen molar-refractivity contribution in [1.82, 2.24) is 9.80 Å². The molecule has 1 rings (SSSR count). The van der Waals surface area contributed by atoms with E-state index in [4.69, 9.17) is 0 Å². The molecule has 0 aliphatic carbocycles. The second-order valence-corrected chi connectivity index (χ2v) is 5.30. The van der Waals surface area contributed by atoms with Gasteiger partial charge >= 0.3 is 0 Å². The fourth-order valence-electron chi connectivity index (χ4n) is 2.12. The minimum absolute atomic E-state index is 0.321. The van der Waals surface area contributed by atoms with Crippen LogP contribution in [0, 0.1) is 0 Å². The SMILES string of the molecule is CC(C)N1CC(C)N(C)C(C)(C)C1. The quantitative estimate of drug-likeness (QED) is 0.613. The molecule has 0 N–H and O–H groups in total. The molecule has 1 atom stereocenters. The standard InChI is InChI=1S/C11H24N2/c1-9(2)13-7-10(3)12(6)11(4,5)8-13/h9-10H,7-8H2,1-6H3. The molecular weight excluding hydrogens is 160 g/mol. The summed E-state index contributed by atoms with van der Waals surface area (Å²) in [6, 6.07) is 1.35. The fraction of sp³-hybridized carbons (Fsp3) is 1.00. The van der Waals surface area contributed by atoms with Crippen molar-refractivity contribution in [3.63, 3.8) is 0 Å². The van der Waals surface area contributed by atoms with Crippen LogP contribution in [0.15, 0.2) is 0 Å². The predicted octanol–water partition coefficient (Wildman–Crippen LogP) is 1.81. The average molecular weight is 184 g/mol. The van der Waals surface area contributed by atoms with Crippen LogP contribution < -0.4 is 0 Å². The lowest BCUT2D eigenvalue weighted by Crippen LogP contribution is -2.62. The van der Waals surface area contributed by atoms with Crippen molar-refractivity contribution in [3.05, 3.63) is 0 Å². The van der Waals surface area contributed by atoms with Gasteiger partial charge in [-0.05, 0) is 41.7 Å². The van der Waals surface area contributed by atoms with Crippen LogP contribution in [0.5, 0.6) is 0 Å². The number of hydrogen-bond acceptors (Lipinski definition) is 2. The summed E-state index contributed by atoms with van der Waals surface area (Å²) in [5.74, 6) is 0. The Balaban J connectivity index is 2.70. The van der Waals surface area contributed by atoms with Gasteiger partial charge in [0.05, 0.1) is 0 Å². The van der Waals surface area contributed by atoms with Crippen LogP contribution in [0.1, 0.15) is 34.6 Å². The molecule has 1 aliphatic heterocycles. The van der Waals surface area contributed by atoms with Gasteiger partial charge in [0.1, 0.15) is 0 Å². The van der Waals surface area contributed by atoms with Crippen molar-refractivity contribution in [2.24, 2.45) is 0 Å². The van der Waals surface area contributed by atoms with Gasteiger partial charge in [0, 0.05) is 30.7 Å². The van der Waals surface area contributed by atoms with Crippen molar-refractivity contribution in [1.29, 1.82) is 0 Å². The van der Waals surface area contributed by atoms with Gasteiger partial charge in [0.15, 0.2) is 0 Å². The highest BCUT2D eigenvalue weighted by atomic mass is 15.3. The van der Waals surface area contributed by atoms with E-state index < -0.39 is 0 Å². The summed E-state index contributed by atoms with van der Waals surface area (Å²) in [6.45, 7) is 13.9. The van der Waals surface area contributed by atoms with Crippen LogP contribution >= 0.6 is 0 Å². The van der Waals surface area contributed by atoms with Crippen molar-refractivity contribution >= 4 is 0 Å². The summed E-state index contributed by atoms with van der Waals surface area (Å²) < 4.78 is 0. The first-order valence-corrected chi connectivity index (χ1v) is 5.31. The zero-order valence-electron chi connectivity index (χ0n) is 9.96. The van der Waals surface area contributed by atoms with E-state index in [0.29, 0.717) is 17.6 Å². The summed E-state index contributed by atoms with van der Waals surface area (Å²) in [7, 11) is 2.24. The molecule has 2 nitrogen and oxygen atoms in total. The summed E-state index contributed by atoms with van der Waals surface area (Å²) in [6.07, 6.45) is 0. The van der Waals surface area contributed by atoms with Gasteiger partial charge < -0.3 is 0 Å². The molecule has 0 bridgehead atoms. The largest absolute Gasteiger partial charge is 0.298 e. The predicted molar refractivity (Wildman–Crippen MR) is 58.0 cm³/mol. The van der Waals surface area contributed by atoms with Gasteiger partial charge in [-0.1, -0.05) is 0 Å². The third kappa shape index (κ3) is 2.23. The van der Waals surface area contributed by atoms with Crippen molar-refractivity contribution in [3.8, 4) is 0 Å². The van der Waals surface area contributed by atoms with E-state index in [-0.39, 0.29) is 0 Å². The topological polar surface area (TPSA) is 6.48 Å². The van der Waals surface area contributed by atoms with Crippen molar-refractivity contribution < 1.29 is 0 Å². The average Bonchev–Trinajstić information content (AvgIpc) is 1.99. The van der Waals surface area contributed by atoms with Gasteiger partial charge in [-0.25, -0.2) is 0 Å².